The standard InChI is InChI=1S/C28H42/c1-5-9-11-13-15-17-19-21-27-23-26(8-4)28(24-25(27)7-3)22-20-18-16-14-12-10-6-2/h3-4,23-24H,5-6,9-22H2,1-2H3. The summed E-state index contributed by atoms with van der Waals surface area (Å²) >= 11 is 0. The van der Waals surface area contributed by atoms with Crippen molar-refractivity contribution >= 4 is 0 Å². The van der Waals surface area contributed by atoms with Crippen LogP contribution in [0.25, 0.3) is 0 Å². The third-order valence-corrected chi connectivity index (χ3v) is 5.74. The van der Waals surface area contributed by atoms with Gasteiger partial charge in [-0.3, -0.25) is 0 Å². The monoisotopic (exact) mass is 378 g/mol. The maximum Gasteiger partial charge on any atom is 0.0278 e. The lowest BCUT2D eigenvalue weighted by molar-refractivity contribution is 0.588. The predicted octanol–water partition coefficient (Wildman–Crippen LogP) is 8.24. The Hall–Kier alpha value is -1.66. The average molecular weight is 379 g/mol. The molecule has 0 bridgehead atoms. The van der Waals surface area contributed by atoms with E-state index in [1.165, 1.54) is 101 Å². The van der Waals surface area contributed by atoms with E-state index in [-0.39, 0.29) is 0 Å². The van der Waals surface area contributed by atoms with Gasteiger partial charge in [0, 0.05) is 11.1 Å². The molecule has 0 saturated heterocycles. The Morgan fingerprint density at radius 1 is 0.536 bits per heavy atom. The van der Waals surface area contributed by atoms with Gasteiger partial charge in [-0.25, -0.2) is 0 Å². The summed E-state index contributed by atoms with van der Waals surface area (Å²) in [5.74, 6) is 5.82. The summed E-state index contributed by atoms with van der Waals surface area (Å²) < 4.78 is 0. The first-order chi connectivity index (χ1) is 13.8. The topological polar surface area (TPSA) is 0 Å². The van der Waals surface area contributed by atoms with Crippen LogP contribution in [0.4, 0.5) is 0 Å². The van der Waals surface area contributed by atoms with Crippen molar-refractivity contribution in [3.05, 3.63) is 34.4 Å². The molecule has 28 heavy (non-hydrogen) atoms. The molecule has 1 aromatic rings. The molecule has 0 heteroatoms. The molecule has 0 unspecified atom stereocenters. The van der Waals surface area contributed by atoms with Gasteiger partial charge in [0.25, 0.3) is 0 Å². The van der Waals surface area contributed by atoms with Gasteiger partial charge in [0.05, 0.1) is 0 Å². The maximum atomic E-state index is 5.82. The summed E-state index contributed by atoms with van der Waals surface area (Å²) in [6.45, 7) is 4.53. The largest absolute Gasteiger partial charge is 0.115 e. The van der Waals surface area contributed by atoms with E-state index in [4.69, 9.17) is 12.8 Å². The highest BCUT2D eigenvalue weighted by molar-refractivity contribution is 5.51. The molecule has 0 fully saturated rings. The van der Waals surface area contributed by atoms with Crippen molar-refractivity contribution in [2.24, 2.45) is 0 Å². The van der Waals surface area contributed by atoms with Crippen LogP contribution in [0.5, 0.6) is 0 Å². The molecule has 154 valence electrons. The highest BCUT2D eigenvalue weighted by Crippen LogP contribution is 2.21. The summed E-state index contributed by atoms with van der Waals surface area (Å²) in [5.41, 5.74) is 4.66. The van der Waals surface area contributed by atoms with Crippen LogP contribution in [-0.4, -0.2) is 0 Å². The van der Waals surface area contributed by atoms with Gasteiger partial charge in [0.15, 0.2) is 0 Å². The fraction of sp³-hybridized carbons (Fsp3) is 0.643. The second-order valence-electron chi connectivity index (χ2n) is 8.20. The van der Waals surface area contributed by atoms with Gasteiger partial charge in [-0.15, -0.1) is 12.8 Å². The smallest absolute Gasteiger partial charge is 0.0278 e. The molecule has 1 rings (SSSR count). The Kier molecular flexibility index (Phi) is 14.2. The van der Waals surface area contributed by atoms with Crippen LogP contribution in [0.1, 0.15) is 126 Å². The van der Waals surface area contributed by atoms with Crippen LogP contribution in [0.2, 0.25) is 0 Å². The molecule has 0 nitrogen and oxygen atoms in total. The number of rotatable bonds is 16. The Bertz CT molecular complexity index is 552. The lowest BCUT2D eigenvalue weighted by Gasteiger charge is -2.11. The van der Waals surface area contributed by atoms with Crippen LogP contribution in [0, 0.1) is 24.7 Å². The number of aryl methyl sites for hydroxylation is 2. The van der Waals surface area contributed by atoms with Crippen LogP contribution >= 0.6 is 0 Å². The van der Waals surface area contributed by atoms with Crippen molar-refractivity contribution in [1.29, 1.82) is 0 Å². The zero-order chi connectivity index (χ0) is 20.5. The molecular formula is C28H42. The number of terminal acetylenes is 2. The normalized spacial score (nSPS) is 10.6. The zero-order valence-corrected chi connectivity index (χ0v) is 18.6. The molecule has 0 saturated carbocycles. The van der Waals surface area contributed by atoms with Gasteiger partial charge in [-0.05, 0) is 48.9 Å². The van der Waals surface area contributed by atoms with Crippen LogP contribution < -0.4 is 0 Å². The van der Waals surface area contributed by atoms with Crippen molar-refractivity contribution in [2.75, 3.05) is 0 Å². The first kappa shape index (κ1) is 24.4. The number of hydrogen-bond acceptors (Lipinski definition) is 0. The van der Waals surface area contributed by atoms with Gasteiger partial charge >= 0.3 is 0 Å². The highest BCUT2D eigenvalue weighted by Gasteiger charge is 2.08. The summed E-state index contributed by atoms with van der Waals surface area (Å²) in [6, 6.07) is 4.39. The number of hydrogen-bond donors (Lipinski definition) is 0. The van der Waals surface area contributed by atoms with Crippen molar-refractivity contribution in [1.82, 2.24) is 0 Å². The molecule has 0 amide bonds. The molecule has 0 N–H and O–H groups in total. The number of benzene rings is 1. The lowest BCUT2D eigenvalue weighted by atomic mass is 9.92. The quantitative estimate of drug-likeness (QED) is 0.201. The fourth-order valence-corrected chi connectivity index (χ4v) is 3.92. The summed E-state index contributed by atoms with van der Waals surface area (Å²) in [4.78, 5) is 0. The van der Waals surface area contributed by atoms with E-state index in [9.17, 15) is 0 Å². The lowest BCUT2D eigenvalue weighted by Crippen LogP contribution is -1.99. The van der Waals surface area contributed by atoms with E-state index < -0.39 is 0 Å². The third kappa shape index (κ3) is 10.0. The number of unbranched alkanes of at least 4 members (excludes halogenated alkanes) is 12. The fourth-order valence-electron chi connectivity index (χ4n) is 3.92. The van der Waals surface area contributed by atoms with Gasteiger partial charge in [0.2, 0.25) is 0 Å². The molecule has 0 radical (unpaired) electrons. The zero-order valence-electron chi connectivity index (χ0n) is 18.6. The summed E-state index contributed by atoms with van der Waals surface area (Å²) in [5, 5.41) is 0. The Morgan fingerprint density at radius 2 is 0.857 bits per heavy atom. The minimum absolute atomic E-state index is 1.06. The van der Waals surface area contributed by atoms with E-state index in [0.717, 1.165) is 24.0 Å². The van der Waals surface area contributed by atoms with Crippen molar-refractivity contribution in [3.8, 4) is 24.7 Å². The minimum Gasteiger partial charge on any atom is -0.115 e. The Balaban J connectivity index is 2.49. The molecule has 0 heterocycles. The molecule has 0 atom stereocenters. The van der Waals surface area contributed by atoms with Crippen LogP contribution in [0.15, 0.2) is 12.1 Å². The van der Waals surface area contributed by atoms with Gasteiger partial charge in [-0.1, -0.05) is 103 Å². The summed E-state index contributed by atoms with van der Waals surface area (Å²) in [7, 11) is 0. The van der Waals surface area contributed by atoms with Crippen LogP contribution in [0.3, 0.4) is 0 Å². The van der Waals surface area contributed by atoms with Crippen molar-refractivity contribution in [3.63, 3.8) is 0 Å². The second kappa shape index (κ2) is 16.3. The van der Waals surface area contributed by atoms with Gasteiger partial charge in [0.1, 0.15) is 0 Å². The Morgan fingerprint density at radius 3 is 1.18 bits per heavy atom. The Labute approximate surface area is 175 Å². The highest BCUT2D eigenvalue weighted by atomic mass is 14.1. The molecule has 0 aliphatic carbocycles. The summed E-state index contributed by atoms with van der Waals surface area (Å²) in [6.07, 6.45) is 32.3. The van der Waals surface area contributed by atoms with Gasteiger partial charge < -0.3 is 0 Å². The maximum absolute atomic E-state index is 5.82. The second-order valence-corrected chi connectivity index (χ2v) is 8.20. The average Bonchev–Trinajstić information content (AvgIpc) is 2.72. The van der Waals surface area contributed by atoms with E-state index in [0.29, 0.717) is 0 Å². The van der Waals surface area contributed by atoms with Crippen LogP contribution in [-0.2, 0) is 12.8 Å². The molecular weight excluding hydrogens is 336 g/mol. The minimum atomic E-state index is 1.06. The third-order valence-electron chi connectivity index (χ3n) is 5.74. The first-order valence-corrected chi connectivity index (χ1v) is 11.9. The van der Waals surface area contributed by atoms with E-state index in [2.05, 4.69) is 37.8 Å². The predicted molar refractivity (Wildman–Crippen MR) is 126 cm³/mol. The molecule has 0 spiro atoms. The molecule has 0 aromatic heterocycles. The molecule has 0 aliphatic rings. The first-order valence-electron chi connectivity index (χ1n) is 11.9. The van der Waals surface area contributed by atoms with Crippen molar-refractivity contribution < 1.29 is 0 Å². The van der Waals surface area contributed by atoms with E-state index in [1.54, 1.807) is 0 Å². The van der Waals surface area contributed by atoms with Crippen molar-refractivity contribution in [2.45, 2.75) is 117 Å². The molecule has 1 aromatic carbocycles. The van der Waals surface area contributed by atoms with E-state index in [1.807, 2.05) is 0 Å². The van der Waals surface area contributed by atoms with E-state index >= 15 is 0 Å². The molecule has 0 aliphatic heterocycles. The van der Waals surface area contributed by atoms with Gasteiger partial charge in [-0.2, -0.15) is 0 Å². The SMILES string of the molecule is C#Cc1cc(CCCCCCCCC)c(C#C)cc1CCCCCCCCC.